The zero-order valence-electron chi connectivity index (χ0n) is 13.1. The number of rotatable bonds is 3. The van der Waals surface area contributed by atoms with Crippen LogP contribution in [0.1, 0.15) is 23.2 Å². The maximum Gasteiger partial charge on any atom is 0.251 e. The summed E-state index contributed by atoms with van der Waals surface area (Å²) in [7, 11) is 1.93. The minimum absolute atomic E-state index is 0.0438. The number of nitrogens with one attached hydrogen (secondary N) is 2. The van der Waals surface area contributed by atoms with Gasteiger partial charge in [-0.05, 0) is 24.6 Å². The first kappa shape index (κ1) is 15.6. The van der Waals surface area contributed by atoms with E-state index in [-0.39, 0.29) is 30.4 Å². The zero-order chi connectivity index (χ0) is 16.4. The van der Waals surface area contributed by atoms with Crippen LogP contribution >= 0.6 is 0 Å². The Balaban J connectivity index is 1.75. The Morgan fingerprint density at radius 3 is 3.00 bits per heavy atom. The van der Waals surface area contributed by atoms with Gasteiger partial charge in [0.25, 0.3) is 5.91 Å². The van der Waals surface area contributed by atoms with Crippen LogP contribution in [0.5, 0.6) is 0 Å². The van der Waals surface area contributed by atoms with Gasteiger partial charge in [0, 0.05) is 44.1 Å². The van der Waals surface area contributed by atoms with E-state index in [4.69, 9.17) is 5.11 Å². The Morgan fingerprint density at radius 2 is 2.26 bits per heavy atom. The fourth-order valence-corrected chi connectivity index (χ4v) is 2.98. The van der Waals surface area contributed by atoms with Gasteiger partial charge in [0.2, 0.25) is 5.91 Å². The highest BCUT2D eigenvalue weighted by Gasteiger charge is 2.22. The van der Waals surface area contributed by atoms with Crippen LogP contribution in [0.3, 0.4) is 0 Å². The predicted octanol–water partition coefficient (Wildman–Crippen LogP) is 1.13. The topological polar surface area (TPSA) is 81.7 Å². The van der Waals surface area contributed by atoms with Gasteiger partial charge in [-0.2, -0.15) is 0 Å². The molecule has 0 saturated heterocycles. The molecule has 3 N–H and O–H groups in total. The van der Waals surface area contributed by atoms with E-state index in [9.17, 15) is 9.59 Å². The van der Waals surface area contributed by atoms with E-state index in [1.807, 2.05) is 30.2 Å². The largest absolute Gasteiger partial charge is 0.396 e. The Labute approximate surface area is 135 Å². The second-order valence-corrected chi connectivity index (χ2v) is 6.09. The first-order valence-electron chi connectivity index (χ1n) is 7.82. The number of carbonyl (C=O) groups is 2. The number of aliphatic hydroxyl groups excluding tert-OH is 1. The van der Waals surface area contributed by atoms with Crippen molar-refractivity contribution < 1.29 is 14.7 Å². The molecule has 6 nitrogen and oxygen atoms in total. The standard InChI is InChI=1S/C17H21N3O3/c1-20-7-6-16(22)19-14-9-12(3-5-15(14)20)17(23)18-13-4-2-11(8-13)10-21/h2-5,9,11,13,21H,6-8,10H2,1H3,(H,18,23)(H,19,22)/t11-,13+/m0/s1. The van der Waals surface area contributed by atoms with Crippen LogP contribution in [-0.4, -0.2) is 43.2 Å². The molecule has 1 aromatic rings. The van der Waals surface area contributed by atoms with Gasteiger partial charge in [0.05, 0.1) is 11.4 Å². The highest BCUT2D eigenvalue weighted by Crippen LogP contribution is 2.29. The number of fused-ring (bicyclic) bond motifs is 1. The Morgan fingerprint density at radius 1 is 1.43 bits per heavy atom. The van der Waals surface area contributed by atoms with Gasteiger partial charge in [0.15, 0.2) is 0 Å². The summed E-state index contributed by atoms with van der Waals surface area (Å²) in [5.41, 5.74) is 2.09. The van der Waals surface area contributed by atoms with Crippen molar-refractivity contribution in [3.05, 3.63) is 35.9 Å². The number of hydrogen-bond donors (Lipinski definition) is 3. The molecule has 0 saturated carbocycles. The SMILES string of the molecule is CN1CCC(=O)Nc2cc(C(=O)N[C@@H]3C=C[C@H](CO)C3)ccc21. The summed E-state index contributed by atoms with van der Waals surface area (Å²) in [6.07, 6.45) is 4.99. The lowest BCUT2D eigenvalue weighted by atomic mass is 10.1. The second-order valence-electron chi connectivity index (χ2n) is 6.09. The molecule has 0 aromatic heterocycles. The highest BCUT2D eigenvalue weighted by atomic mass is 16.3. The first-order valence-corrected chi connectivity index (χ1v) is 7.82. The molecule has 1 aliphatic carbocycles. The zero-order valence-corrected chi connectivity index (χ0v) is 13.1. The lowest BCUT2D eigenvalue weighted by molar-refractivity contribution is -0.115. The third kappa shape index (κ3) is 3.37. The minimum Gasteiger partial charge on any atom is -0.396 e. The fourth-order valence-electron chi connectivity index (χ4n) is 2.98. The third-order valence-electron chi connectivity index (χ3n) is 4.34. The summed E-state index contributed by atoms with van der Waals surface area (Å²) in [5.74, 6) is -0.111. The van der Waals surface area contributed by atoms with Crippen LogP contribution in [-0.2, 0) is 4.79 Å². The van der Waals surface area contributed by atoms with Crippen molar-refractivity contribution in [2.24, 2.45) is 5.92 Å². The van der Waals surface area contributed by atoms with Gasteiger partial charge < -0.3 is 20.6 Å². The molecule has 0 radical (unpaired) electrons. The smallest absolute Gasteiger partial charge is 0.251 e. The molecule has 0 unspecified atom stereocenters. The summed E-state index contributed by atoms with van der Waals surface area (Å²) < 4.78 is 0. The average Bonchev–Trinajstić information content (AvgIpc) is 2.94. The summed E-state index contributed by atoms with van der Waals surface area (Å²) in [4.78, 5) is 26.1. The molecule has 0 spiro atoms. The van der Waals surface area contributed by atoms with E-state index in [0.717, 1.165) is 5.69 Å². The lowest BCUT2D eigenvalue weighted by Gasteiger charge is -2.19. The number of anilines is 2. The molecular weight excluding hydrogens is 294 g/mol. The van der Waals surface area contributed by atoms with E-state index < -0.39 is 0 Å². The third-order valence-corrected chi connectivity index (χ3v) is 4.34. The highest BCUT2D eigenvalue weighted by molar-refractivity contribution is 6.01. The van der Waals surface area contributed by atoms with Gasteiger partial charge in [0.1, 0.15) is 0 Å². The van der Waals surface area contributed by atoms with E-state index in [1.54, 1.807) is 12.1 Å². The molecule has 6 heteroatoms. The molecule has 1 aromatic carbocycles. The second kappa shape index (κ2) is 6.42. The molecule has 2 aliphatic rings. The molecule has 2 amide bonds. The lowest BCUT2D eigenvalue weighted by Crippen LogP contribution is -2.33. The Bertz CT molecular complexity index is 656. The van der Waals surface area contributed by atoms with Crippen molar-refractivity contribution in [1.29, 1.82) is 0 Å². The van der Waals surface area contributed by atoms with Crippen molar-refractivity contribution in [3.8, 4) is 0 Å². The van der Waals surface area contributed by atoms with E-state index >= 15 is 0 Å². The molecule has 3 rings (SSSR count). The van der Waals surface area contributed by atoms with Crippen LogP contribution in [0.2, 0.25) is 0 Å². The van der Waals surface area contributed by atoms with Crippen LogP contribution < -0.4 is 15.5 Å². The molecule has 0 fully saturated rings. The number of amides is 2. The van der Waals surface area contributed by atoms with Crippen molar-refractivity contribution in [1.82, 2.24) is 5.32 Å². The monoisotopic (exact) mass is 315 g/mol. The maximum absolute atomic E-state index is 12.4. The van der Waals surface area contributed by atoms with Gasteiger partial charge in [-0.1, -0.05) is 12.2 Å². The summed E-state index contributed by atoms with van der Waals surface area (Å²) in [6.45, 7) is 0.750. The number of benzene rings is 1. The van der Waals surface area contributed by atoms with Crippen molar-refractivity contribution >= 4 is 23.2 Å². The van der Waals surface area contributed by atoms with Gasteiger partial charge in [-0.15, -0.1) is 0 Å². The van der Waals surface area contributed by atoms with E-state index in [2.05, 4.69) is 10.6 Å². The van der Waals surface area contributed by atoms with Gasteiger partial charge in [-0.25, -0.2) is 0 Å². The average molecular weight is 315 g/mol. The fraction of sp³-hybridized carbons (Fsp3) is 0.412. The van der Waals surface area contributed by atoms with Crippen molar-refractivity contribution in [3.63, 3.8) is 0 Å². The van der Waals surface area contributed by atoms with Gasteiger partial charge in [-0.3, -0.25) is 9.59 Å². The van der Waals surface area contributed by atoms with Gasteiger partial charge >= 0.3 is 0 Å². The molecular formula is C17H21N3O3. The molecule has 0 bridgehead atoms. The number of nitrogens with zero attached hydrogens (tertiary/aromatic N) is 1. The molecule has 2 atom stereocenters. The summed E-state index contributed by atoms with van der Waals surface area (Å²) in [6, 6.07) is 5.28. The minimum atomic E-state index is -0.179. The first-order chi connectivity index (χ1) is 11.1. The van der Waals surface area contributed by atoms with E-state index in [1.165, 1.54) is 0 Å². The number of hydrogen-bond acceptors (Lipinski definition) is 4. The predicted molar refractivity (Wildman–Crippen MR) is 88.5 cm³/mol. The van der Waals surface area contributed by atoms with E-state index in [0.29, 0.717) is 30.6 Å². The Hall–Kier alpha value is -2.34. The van der Waals surface area contributed by atoms with Crippen LogP contribution in [0, 0.1) is 5.92 Å². The normalized spacial score (nSPS) is 23.2. The summed E-state index contributed by atoms with van der Waals surface area (Å²) >= 11 is 0. The van der Waals surface area contributed by atoms with Crippen molar-refractivity contribution in [2.75, 3.05) is 30.4 Å². The quantitative estimate of drug-likeness (QED) is 0.731. The maximum atomic E-state index is 12.4. The molecule has 1 heterocycles. The summed E-state index contributed by atoms with van der Waals surface area (Å²) in [5, 5.41) is 14.9. The van der Waals surface area contributed by atoms with Crippen LogP contribution in [0.25, 0.3) is 0 Å². The van der Waals surface area contributed by atoms with Crippen molar-refractivity contribution in [2.45, 2.75) is 18.9 Å². The number of carbonyl (C=O) groups excluding carboxylic acids is 2. The molecule has 1 aliphatic heterocycles. The molecule has 122 valence electrons. The van der Waals surface area contributed by atoms with Crippen LogP contribution in [0.15, 0.2) is 30.4 Å². The van der Waals surface area contributed by atoms with Crippen LogP contribution in [0.4, 0.5) is 11.4 Å². The Kier molecular flexibility index (Phi) is 4.34. The number of aliphatic hydroxyl groups is 1. The molecule has 23 heavy (non-hydrogen) atoms.